The van der Waals surface area contributed by atoms with Crippen LogP contribution in [0.3, 0.4) is 0 Å². The van der Waals surface area contributed by atoms with Crippen LogP contribution in [0.2, 0.25) is 5.02 Å². The number of halogens is 1. The zero-order valence-corrected chi connectivity index (χ0v) is 26.6. The van der Waals surface area contributed by atoms with Crippen molar-refractivity contribution in [3.05, 3.63) is 113 Å². The Morgan fingerprint density at radius 2 is 1.44 bits per heavy atom. The van der Waals surface area contributed by atoms with Crippen molar-refractivity contribution in [3.8, 4) is 17.2 Å². The van der Waals surface area contributed by atoms with E-state index in [1.807, 2.05) is 0 Å². The van der Waals surface area contributed by atoms with Gasteiger partial charge in [0.25, 0.3) is 11.8 Å². The molecule has 0 saturated heterocycles. The Bertz CT molecular complexity index is 1700. The molecule has 4 aromatic rings. The molecule has 3 N–H and O–H groups in total. The van der Waals surface area contributed by atoms with Gasteiger partial charge in [0.2, 0.25) is 5.91 Å². The molecule has 4 rings (SSSR count). The lowest BCUT2D eigenvalue weighted by atomic mass is 10.1. The van der Waals surface area contributed by atoms with Crippen molar-refractivity contribution in [2.24, 2.45) is 0 Å². The van der Waals surface area contributed by atoms with Crippen LogP contribution in [0.15, 0.2) is 102 Å². The molecule has 0 aromatic heterocycles. The van der Waals surface area contributed by atoms with Crippen LogP contribution in [0.5, 0.6) is 17.2 Å². The minimum atomic E-state index is -0.546. The molecule has 0 aliphatic carbocycles. The number of hydrogen-bond acceptors (Lipinski definition) is 7. The number of nitrogens with one attached hydrogen (secondary N) is 3. The number of thioether (sulfide) groups is 1. The van der Waals surface area contributed by atoms with E-state index in [0.29, 0.717) is 44.8 Å². The molecule has 11 heteroatoms. The summed E-state index contributed by atoms with van der Waals surface area (Å²) in [6.07, 6.45) is 1.53. The maximum Gasteiger partial charge on any atom is 0.272 e. The Kier molecular flexibility index (Phi) is 11.5. The third kappa shape index (κ3) is 9.04. The first-order valence-corrected chi connectivity index (χ1v) is 15.0. The second-order valence-corrected chi connectivity index (χ2v) is 11.4. The molecule has 9 nitrogen and oxygen atoms in total. The highest BCUT2D eigenvalue weighted by Gasteiger charge is 2.18. The maximum atomic E-state index is 13.5. The number of hydrogen-bond donors (Lipinski definition) is 3. The van der Waals surface area contributed by atoms with Crippen molar-refractivity contribution < 1.29 is 28.6 Å². The van der Waals surface area contributed by atoms with Gasteiger partial charge in [0, 0.05) is 27.4 Å². The number of carbonyl (C=O) groups excluding carboxylic acids is 3. The van der Waals surface area contributed by atoms with Gasteiger partial charge in [-0.3, -0.25) is 14.4 Å². The van der Waals surface area contributed by atoms with Gasteiger partial charge in [-0.25, -0.2) is 0 Å². The fourth-order valence-electron chi connectivity index (χ4n) is 4.11. The molecular weight excluding hydrogens is 614 g/mol. The molecule has 1 unspecified atom stereocenters. The molecule has 0 aliphatic heterocycles. The number of benzene rings is 4. The van der Waals surface area contributed by atoms with Crippen molar-refractivity contribution in [2.75, 3.05) is 32.0 Å². The second kappa shape index (κ2) is 15.7. The minimum Gasteiger partial charge on any atom is -0.497 e. The monoisotopic (exact) mass is 645 g/mol. The Labute approximate surface area is 270 Å². The van der Waals surface area contributed by atoms with Crippen molar-refractivity contribution in [2.45, 2.75) is 17.1 Å². The van der Waals surface area contributed by atoms with Gasteiger partial charge >= 0.3 is 0 Å². The molecule has 0 heterocycles. The quantitative estimate of drug-likeness (QED) is 0.113. The molecule has 0 aliphatic rings. The van der Waals surface area contributed by atoms with Crippen molar-refractivity contribution >= 4 is 58.5 Å². The number of methoxy groups -OCH3 is 3. The van der Waals surface area contributed by atoms with Crippen LogP contribution in [0.4, 0.5) is 11.4 Å². The number of rotatable bonds is 12. The second-order valence-electron chi connectivity index (χ2n) is 9.56. The molecule has 45 heavy (non-hydrogen) atoms. The van der Waals surface area contributed by atoms with E-state index in [9.17, 15) is 14.4 Å². The average molecular weight is 646 g/mol. The molecule has 232 valence electrons. The third-order valence-electron chi connectivity index (χ3n) is 6.48. The normalized spacial score (nSPS) is 11.6. The Morgan fingerprint density at radius 3 is 2.09 bits per heavy atom. The van der Waals surface area contributed by atoms with Crippen molar-refractivity contribution in [1.29, 1.82) is 0 Å². The Hall–Kier alpha value is -4.93. The lowest BCUT2D eigenvalue weighted by molar-refractivity contribution is -0.115. The first kappa shape index (κ1) is 33.0. The first-order chi connectivity index (χ1) is 21.7. The van der Waals surface area contributed by atoms with E-state index < -0.39 is 17.1 Å². The fraction of sp³-hybridized carbons (Fsp3) is 0.147. The largest absolute Gasteiger partial charge is 0.497 e. The Balaban J connectivity index is 1.47. The van der Waals surface area contributed by atoms with Crippen LogP contribution < -0.4 is 30.2 Å². The van der Waals surface area contributed by atoms with Crippen molar-refractivity contribution in [1.82, 2.24) is 5.32 Å². The summed E-state index contributed by atoms with van der Waals surface area (Å²) in [6, 6.07) is 25.8. The van der Waals surface area contributed by atoms with E-state index in [2.05, 4.69) is 16.0 Å². The van der Waals surface area contributed by atoms with Crippen LogP contribution in [0, 0.1) is 0 Å². The Morgan fingerprint density at radius 1 is 0.778 bits per heavy atom. The van der Waals surface area contributed by atoms with E-state index >= 15 is 0 Å². The van der Waals surface area contributed by atoms with Gasteiger partial charge in [0.15, 0.2) is 0 Å². The molecule has 0 saturated carbocycles. The highest BCUT2D eigenvalue weighted by Crippen LogP contribution is 2.30. The molecular formula is C34H32ClN3O6S. The van der Waals surface area contributed by atoms with Crippen LogP contribution in [-0.2, 0) is 9.59 Å². The molecule has 0 fully saturated rings. The third-order valence-corrected chi connectivity index (χ3v) is 7.89. The predicted molar refractivity (Wildman–Crippen MR) is 178 cm³/mol. The van der Waals surface area contributed by atoms with Crippen LogP contribution >= 0.6 is 23.4 Å². The van der Waals surface area contributed by atoms with Crippen molar-refractivity contribution in [3.63, 3.8) is 0 Å². The van der Waals surface area contributed by atoms with Gasteiger partial charge in [-0.2, -0.15) is 0 Å². The van der Waals surface area contributed by atoms with Crippen LogP contribution in [-0.4, -0.2) is 44.3 Å². The smallest absolute Gasteiger partial charge is 0.272 e. The van der Waals surface area contributed by atoms with E-state index in [0.717, 1.165) is 4.90 Å². The summed E-state index contributed by atoms with van der Waals surface area (Å²) in [5.41, 5.74) is 1.98. The van der Waals surface area contributed by atoms with Crippen LogP contribution in [0.25, 0.3) is 6.08 Å². The molecule has 4 aromatic carbocycles. The molecule has 0 radical (unpaired) electrons. The summed E-state index contributed by atoms with van der Waals surface area (Å²) < 4.78 is 15.9. The van der Waals surface area contributed by atoms with Gasteiger partial charge in [-0.05, 0) is 85.8 Å². The molecule has 1 atom stereocenters. The predicted octanol–water partition coefficient (Wildman–Crippen LogP) is 6.89. The lowest BCUT2D eigenvalue weighted by Crippen LogP contribution is -2.30. The first-order valence-electron chi connectivity index (χ1n) is 13.7. The van der Waals surface area contributed by atoms with Gasteiger partial charge < -0.3 is 30.2 Å². The number of carbonyl (C=O) groups is 3. The summed E-state index contributed by atoms with van der Waals surface area (Å²) in [5, 5.41) is 8.38. The SMILES string of the molecule is COc1ccc(OC)c(/C=C(\NC(=O)c2ccccc2)C(=O)Nc2ccc(SC(C)C(=O)Nc3ccc(OC)c(Cl)c3)cc2)c1. The van der Waals surface area contributed by atoms with E-state index in [1.54, 1.807) is 97.9 Å². The van der Waals surface area contributed by atoms with E-state index in [4.69, 9.17) is 25.8 Å². The fourth-order valence-corrected chi connectivity index (χ4v) is 5.24. The standard InChI is InChI=1S/C34H32ClN3O6S/c1-21(32(39)37-25-12-16-31(44-4)28(35)20-25)45-27-14-10-24(11-15-27)36-34(41)29(38-33(40)22-8-6-5-7-9-22)19-23-18-26(42-2)13-17-30(23)43-3/h5-21H,1-4H3,(H,36,41)(H,37,39)(H,38,40)/b29-19-. The highest BCUT2D eigenvalue weighted by molar-refractivity contribution is 8.00. The number of anilines is 2. The maximum absolute atomic E-state index is 13.5. The van der Waals surface area contributed by atoms with Gasteiger partial charge in [-0.1, -0.05) is 29.8 Å². The van der Waals surface area contributed by atoms with E-state index in [-0.39, 0.29) is 11.6 Å². The molecule has 0 bridgehead atoms. The zero-order chi connectivity index (χ0) is 32.3. The summed E-state index contributed by atoms with van der Waals surface area (Å²) >= 11 is 7.52. The topological polar surface area (TPSA) is 115 Å². The average Bonchev–Trinajstić information content (AvgIpc) is 3.05. The van der Waals surface area contributed by atoms with Gasteiger partial charge in [-0.15, -0.1) is 11.8 Å². The summed E-state index contributed by atoms with van der Waals surface area (Å²) in [6.45, 7) is 1.79. The van der Waals surface area contributed by atoms with Crippen LogP contribution in [0.1, 0.15) is 22.8 Å². The highest BCUT2D eigenvalue weighted by atomic mass is 35.5. The zero-order valence-electron chi connectivity index (χ0n) is 25.1. The van der Waals surface area contributed by atoms with E-state index in [1.165, 1.54) is 39.2 Å². The molecule has 3 amide bonds. The lowest BCUT2D eigenvalue weighted by Gasteiger charge is -2.14. The van der Waals surface area contributed by atoms with Gasteiger partial charge in [0.1, 0.15) is 22.9 Å². The molecule has 0 spiro atoms. The summed E-state index contributed by atoms with van der Waals surface area (Å²) in [7, 11) is 4.57. The number of amides is 3. The number of ether oxygens (including phenoxy) is 3. The van der Waals surface area contributed by atoms with Gasteiger partial charge in [0.05, 0.1) is 31.6 Å². The summed E-state index contributed by atoms with van der Waals surface area (Å²) in [4.78, 5) is 40.1. The summed E-state index contributed by atoms with van der Waals surface area (Å²) in [5.74, 6) is 0.371. The minimum absolute atomic E-state index is 0.00205.